The number of hydrogen-bond donors (Lipinski definition) is 0. The summed E-state index contributed by atoms with van der Waals surface area (Å²) < 4.78 is 68.0. The van der Waals surface area contributed by atoms with Crippen LogP contribution in [0.4, 0.5) is 22.0 Å². The summed E-state index contributed by atoms with van der Waals surface area (Å²) in [7, 11) is 0. The molecule has 0 amide bonds. The van der Waals surface area contributed by atoms with E-state index in [4.69, 9.17) is 0 Å². The summed E-state index contributed by atoms with van der Waals surface area (Å²) >= 11 is 0. The van der Waals surface area contributed by atoms with Crippen molar-refractivity contribution in [3.05, 3.63) is 65.2 Å². The van der Waals surface area contributed by atoms with E-state index in [9.17, 15) is 22.0 Å². The molecule has 0 bridgehead atoms. The third-order valence-electron chi connectivity index (χ3n) is 4.49. The summed E-state index contributed by atoms with van der Waals surface area (Å²) in [6.45, 7) is 1.98. The van der Waals surface area contributed by atoms with Gasteiger partial charge in [-0.1, -0.05) is 30.4 Å². The fourth-order valence-electron chi connectivity index (χ4n) is 3.34. The minimum Gasteiger partial charge on any atom is -0.399 e. The predicted octanol–water partition coefficient (Wildman–Crippen LogP) is 6.21. The zero-order valence-electron chi connectivity index (χ0n) is 14.0. The molecule has 0 radical (unpaired) electrons. The number of rotatable bonds is 3. The Hall–Kier alpha value is -2.37. The van der Waals surface area contributed by atoms with Gasteiger partial charge in [0, 0.05) is 0 Å². The lowest BCUT2D eigenvalue weighted by atomic mass is 9.82. The molecule has 0 fully saturated rings. The molecule has 6 heteroatoms. The Bertz CT molecular complexity index is 816. The number of alkyl halides is 3. The van der Waals surface area contributed by atoms with Crippen molar-refractivity contribution in [3.8, 4) is 16.9 Å². The van der Waals surface area contributed by atoms with Crippen LogP contribution in [0.15, 0.2) is 42.5 Å². The van der Waals surface area contributed by atoms with Gasteiger partial charge in [-0.2, -0.15) is 0 Å². The van der Waals surface area contributed by atoms with Gasteiger partial charge >= 0.3 is 6.36 Å². The SMILES string of the molecule is C/C=C/C1CCc2cc(-c3cc(F)c(OC(F)(F)F)c(F)c3)ccc2C1. The molecule has 0 saturated heterocycles. The van der Waals surface area contributed by atoms with Crippen molar-refractivity contribution >= 4 is 0 Å². The van der Waals surface area contributed by atoms with Crippen LogP contribution in [0.3, 0.4) is 0 Å². The first kappa shape index (κ1) is 18.4. The Morgan fingerprint density at radius 2 is 1.69 bits per heavy atom. The summed E-state index contributed by atoms with van der Waals surface area (Å²) in [5.41, 5.74) is 3.01. The van der Waals surface area contributed by atoms with Crippen LogP contribution in [0.1, 0.15) is 24.5 Å². The molecular formula is C20H17F5O. The Kier molecular flexibility index (Phi) is 5.03. The van der Waals surface area contributed by atoms with Crippen molar-refractivity contribution in [3.63, 3.8) is 0 Å². The van der Waals surface area contributed by atoms with E-state index < -0.39 is 23.7 Å². The van der Waals surface area contributed by atoms with Crippen molar-refractivity contribution < 1.29 is 26.7 Å². The van der Waals surface area contributed by atoms with Crippen LogP contribution in [0.2, 0.25) is 0 Å². The molecule has 1 atom stereocenters. The van der Waals surface area contributed by atoms with Crippen LogP contribution in [-0.4, -0.2) is 6.36 Å². The minimum absolute atomic E-state index is 0.174. The molecule has 1 aliphatic carbocycles. The van der Waals surface area contributed by atoms with Gasteiger partial charge in [-0.3, -0.25) is 0 Å². The quantitative estimate of drug-likeness (QED) is 0.462. The van der Waals surface area contributed by atoms with Crippen LogP contribution in [-0.2, 0) is 12.8 Å². The molecule has 138 valence electrons. The fourth-order valence-corrected chi connectivity index (χ4v) is 3.34. The predicted molar refractivity (Wildman–Crippen MR) is 88.8 cm³/mol. The van der Waals surface area contributed by atoms with Gasteiger partial charge in [-0.25, -0.2) is 8.78 Å². The Morgan fingerprint density at radius 3 is 2.31 bits per heavy atom. The molecule has 0 spiro atoms. The van der Waals surface area contributed by atoms with E-state index >= 15 is 0 Å². The van der Waals surface area contributed by atoms with Gasteiger partial charge in [0.25, 0.3) is 0 Å². The largest absolute Gasteiger partial charge is 0.573 e. The second-order valence-corrected chi connectivity index (χ2v) is 6.33. The Labute approximate surface area is 148 Å². The lowest BCUT2D eigenvalue weighted by molar-refractivity contribution is -0.276. The number of allylic oxidation sites excluding steroid dienone is 2. The van der Waals surface area contributed by atoms with Gasteiger partial charge in [0.2, 0.25) is 5.75 Å². The molecule has 3 rings (SSSR count). The van der Waals surface area contributed by atoms with Crippen molar-refractivity contribution in [1.82, 2.24) is 0 Å². The average molecular weight is 368 g/mol. The van der Waals surface area contributed by atoms with Crippen LogP contribution in [0, 0.1) is 17.6 Å². The van der Waals surface area contributed by atoms with E-state index in [0.29, 0.717) is 11.5 Å². The van der Waals surface area contributed by atoms with Crippen LogP contribution in [0.5, 0.6) is 5.75 Å². The minimum atomic E-state index is -5.15. The van der Waals surface area contributed by atoms with Crippen molar-refractivity contribution in [2.75, 3.05) is 0 Å². The number of aryl methyl sites for hydroxylation is 1. The van der Waals surface area contributed by atoms with Gasteiger partial charge < -0.3 is 4.74 Å². The highest BCUT2D eigenvalue weighted by Gasteiger charge is 2.34. The van der Waals surface area contributed by atoms with Crippen molar-refractivity contribution in [1.29, 1.82) is 0 Å². The second kappa shape index (κ2) is 7.09. The standard InChI is InChI=1S/C20H17F5O/c1-2-3-12-4-5-14-9-15(7-6-13(14)8-12)16-10-17(21)19(18(22)11-16)26-20(23,24)25/h2-3,6-7,9-12H,4-5,8H2,1H3/b3-2+. The van der Waals surface area contributed by atoms with Crippen LogP contribution in [0.25, 0.3) is 11.1 Å². The summed E-state index contributed by atoms with van der Waals surface area (Å²) in [4.78, 5) is 0. The number of benzene rings is 2. The maximum absolute atomic E-state index is 13.9. The first-order valence-electron chi connectivity index (χ1n) is 8.26. The third kappa shape index (κ3) is 4.06. The van der Waals surface area contributed by atoms with Gasteiger partial charge in [0.1, 0.15) is 0 Å². The first-order chi connectivity index (χ1) is 12.3. The molecule has 26 heavy (non-hydrogen) atoms. The molecule has 2 aromatic rings. The lowest BCUT2D eigenvalue weighted by Crippen LogP contribution is -2.19. The first-order valence-corrected chi connectivity index (χ1v) is 8.26. The molecule has 0 heterocycles. The smallest absolute Gasteiger partial charge is 0.399 e. The Morgan fingerprint density at radius 1 is 1.00 bits per heavy atom. The maximum Gasteiger partial charge on any atom is 0.573 e. The topological polar surface area (TPSA) is 9.23 Å². The summed E-state index contributed by atoms with van der Waals surface area (Å²) in [5, 5.41) is 0. The number of fused-ring (bicyclic) bond motifs is 1. The summed E-state index contributed by atoms with van der Waals surface area (Å²) in [6.07, 6.45) is 1.78. The second-order valence-electron chi connectivity index (χ2n) is 6.33. The van der Waals surface area contributed by atoms with Gasteiger partial charge in [-0.05, 0) is 66.5 Å². The van der Waals surface area contributed by atoms with Crippen molar-refractivity contribution in [2.45, 2.75) is 32.5 Å². The monoisotopic (exact) mass is 368 g/mol. The number of hydrogen-bond acceptors (Lipinski definition) is 1. The molecule has 0 saturated carbocycles. The normalized spacial score (nSPS) is 17.4. The molecule has 0 aromatic heterocycles. The third-order valence-corrected chi connectivity index (χ3v) is 4.49. The highest BCUT2D eigenvalue weighted by atomic mass is 19.4. The number of halogens is 5. The van der Waals surface area contributed by atoms with Gasteiger partial charge in [0.05, 0.1) is 0 Å². The lowest BCUT2D eigenvalue weighted by Gasteiger charge is -2.23. The highest BCUT2D eigenvalue weighted by molar-refractivity contribution is 5.66. The Balaban J connectivity index is 1.91. The zero-order valence-corrected chi connectivity index (χ0v) is 14.0. The maximum atomic E-state index is 13.9. The molecule has 1 nitrogen and oxygen atoms in total. The summed E-state index contributed by atoms with van der Waals surface area (Å²) in [6, 6.07) is 7.21. The average Bonchev–Trinajstić information content (AvgIpc) is 2.57. The van der Waals surface area contributed by atoms with E-state index in [1.807, 2.05) is 25.1 Å². The molecule has 0 aliphatic heterocycles. The van der Waals surface area contributed by atoms with Crippen LogP contribution >= 0.6 is 0 Å². The molecule has 0 N–H and O–H groups in total. The molecule has 1 unspecified atom stereocenters. The van der Waals surface area contributed by atoms with Gasteiger partial charge in [-0.15, -0.1) is 13.2 Å². The summed E-state index contributed by atoms with van der Waals surface area (Å²) in [5.74, 6) is -3.73. The molecular weight excluding hydrogens is 351 g/mol. The highest BCUT2D eigenvalue weighted by Crippen LogP contribution is 2.35. The van der Waals surface area contributed by atoms with Gasteiger partial charge in [0.15, 0.2) is 11.6 Å². The molecule has 2 aromatic carbocycles. The molecule has 1 aliphatic rings. The zero-order chi connectivity index (χ0) is 18.9. The van der Waals surface area contributed by atoms with Crippen molar-refractivity contribution in [2.24, 2.45) is 5.92 Å². The van der Waals surface area contributed by atoms with E-state index in [-0.39, 0.29) is 5.56 Å². The van der Waals surface area contributed by atoms with Crippen LogP contribution < -0.4 is 4.74 Å². The van der Waals surface area contributed by atoms with E-state index in [1.165, 1.54) is 5.56 Å². The van der Waals surface area contributed by atoms with E-state index in [0.717, 1.165) is 37.0 Å². The fraction of sp³-hybridized carbons (Fsp3) is 0.300. The number of ether oxygens (including phenoxy) is 1. The van der Waals surface area contributed by atoms with E-state index in [1.54, 1.807) is 6.07 Å². The van der Waals surface area contributed by atoms with E-state index in [2.05, 4.69) is 10.8 Å².